The van der Waals surface area contributed by atoms with Crippen molar-refractivity contribution in [2.45, 2.75) is 31.7 Å². The van der Waals surface area contributed by atoms with Crippen LogP contribution in [-0.4, -0.2) is 42.4 Å². The predicted octanol–water partition coefficient (Wildman–Crippen LogP) is 3.13. The number of benzene rings is 2. The molecule has 2 N–H and O–H groups in total. The maximum absolute atomic E-state index is 13.8. The zero-order valence-electron chi connectivity index (χ0n) is 16.8. The zero-order chi connectivity index (χ0) is 22.6. The molecule has 0 fully saturated rings. The van der Waals surface area contributed by atoms with Gasteiger partial charge < -0.3 is 5.11 Å². The van der Waals surface area contributed by atoms with Gasteiger partial charge >= 0.3 is 5.97 Å². The summed E-state index contributed by atoms with van der Waals surface area (Å²) in [5.41, 5.74) is 2.27. The van der Waals surface area contributed by atoms with E-state index in [1.807, 2.05) is 0 Å². The summed E-state index contributed by atoms with van der Waals surface area (Å²) in [6.45, 7) is 0. The van der Waals surface area contributed by atoms with Gasteiger partial charge in [0.25, 0.3) is 0 Å². The van der Waals surface area contributed by atoms with E-state index in [-0.39, 0.29) is 25.2 Å². The van der Waals surface area contributed by atoms with Gasteiger partial charge in [0.1, 0.15) is 5.82 Å². The summed E-state index contributed by atoms with van der Waals surface area (Å²) < 4.78 is 38.9. The van der Waals surface area contributed by atoms with Gasteiger partial charge in [-0.25, -0.2) is 17.8 Å². The van der Waals surface area contributed by atoms with Gasteiger partial charge in [0, 0.05) is 24.9 Å². The summed E-state index contributed by atoms with van der Waals surface area (Å²) in [4.78, 5) is 23.5. The van der Waals surface area contributed by atoms with Gasteiger partial charge in [0.15, 0.2) is 0 Å². The number of carbonyl (C=O) groups excluding carboxylic acids is 1. The number of hydrazone groups is 1. The molecule has 1 aliphatic rings. The Morgan fingerprint density at radius 2 is 1.90 bits per heavy atom. The second-order valence-electron chi connectivity index (χ2n) is 7.26. The number of nitrogens with one attached hydrogen (secondary N) is 1. The standard InChI is InChI=1S/C21H22FN3O5S/c1-31(29,30)24-17-10-8-14(9-11-17)18-13-19(15-4-2-5-16(22)12-15)25(23-18)20(26)6-3-7-21(27)28/h2,4-5,8-12,19,24H,3,6-7,13H2,1H3,(H,27,28)/t19-/m0/s1. The molecule has 0 spiro atoms. The third kappa shape index (κ3) is 6.11. The van der Waals surface area contributed by atoms with Crippen molar-refractivity contribution >= 4 is 33.3 Å². The van der Waals surface area contributed by atoms with Gasteiger partial charge in [0.2, 0.25) is 15.9 Å². The van der Waals surface area contributed by atoms with Crippen LogP contribution in [0.15, 0.2) is 53.6 Å². The molecule has 0 radical (unpaired) electrons. The van der Waals surface area contributed by atoms with E-state index < -0.39 is 27.9 Å². The van der Waals surface area contributed by atoms with Gasteiger partial charge in [-0.05, 0) is 41.8 Å². The maximum Gasteiger partial charge on any atom is 0.303 e. The summed E-state index contributed by atoms with van der Waals surface area (Å²) in [6.07, 6.45) is 1.45. The summed E-state index contributed by atoms with van der Waals surface area (Å²) >= 11 is 0. The van der Waals surface area contributed by atoms with E-state index in [1.165, 1.54) is 17.1 Å². The van der Waals surface area contributed by atoms with Gasteiger partial charge in [0.05, 0.1) is 18.0 Å². The summed E-state index contributed by atoms with van der Waals surface area (Å²) in [5.74, 6) is -1.76. The predicted molar refractivity (Wildman–Crippen MR) is 114 cm³/mol. The third-order valence-electron chi connectivity index (χ3n) is 4.70. The van der Waals surface area contributed by atoms with Crippen LogP contribution in [0.2, 0.25) is 0 Å². The molecule has 2 aromatic rings. The number of sulfonamides is 1. The Kier molecular flexibility index (Phi) is 6.69. The maximum atomic E-state index is 13.8. The second-order valence-corrected chi connectivity index (χ2v) is 9.01. The lowest BCUT2D eigenvalue weighted by Crippen LogP contribution is -2.27. The summed E-state index contributed by atoms with van der Waals surface area (Å²) in [5, 5.41) is 14.5. The minimum Gasteiger partial charge on any atom is -0.481 e. The van der Waals surface area contributed by atoms with E-state index in [9.17, 15) is 22.4 Å². The van der Waals surface area contributed by atoms with E-state index in [4.69, 9.17) is 5.11 Å². The van der Waals surface area contributed by atoms with E-state index in [0.29, 0.717) is 28.9 Å². The lowest BCUT2D eigenvalue weighted by atomic mass is 9.98. The van der Waals surface area contributed by atoms with Crippen molar-refractivity contribution < 1.29 is 27.5 Å². The largest absolute Gasteiger partial charge is 0.481 e. The van der Waals surface area contributed by atoms with Crippen LogP contribution < -0.4 is 4.72 Å². The Bertz CT molecular complexity index is 1120. The molecule has 0 bridgehead atoms. The normalized spacial score (nSPS) is 16.1. The quantitative estimate of drug-likeness (QED) is 0.645. The monoisotopic (exact) mass is 447 g/mol. The Morgan fingerprint density at radius 1 is 1.19 bits per heavy atom. The second kappa shape index (κ2) is 9.25. The molecule has 3 rings (SSSR count). The van der Waals surface area contributed by atoms with E-state index in [2.05, 4.69) is 9.82 Å². The third-order valence-corrected chi connectivity index (χ3v) is 5.31. The number of halogens is 1. The molecule has 0 aliphatic carbocycles. The Labute approximate surface area is 179 Å². The molecule has 1 amide bonds. The van der Waals surface area contributed by atoms with Crippen molar-refractivity contribution in [2.75, 3.05) is 11.0 Å². The van der Waals surface area contributed by atoms with Crippen LogP contribution in [-0.2, 0) is 19.6 Å². The molecule has 0 saturated carbocycles. The highest BCUT2D eigenvalue weighted by Crippen LogP contribution is 2.34. The highest BCUT2D eigenvalue weighted by atomic mass is 32.2. The molecule has 1 atom stereocenters. The van der Waals surface area contributed by atoms with Crippen molar-refractivity contribution in [1.82, 2.24) is 5.01 Å². The van der Waals surface area contributed by atoms with Crippen LogP contribution in [0, 0.1) is 5.82 Å². The van der Waals surface area contributed by atoms with Gasteiger partial charge in [-0.2, -0.15) is 5.10 Å². The highest BCUT2D eigenvalue weighted by Gasteiger charge is 2.33. The Balaban J connectivity index is 1.85. The minimum absolute atomic E-state index is 0.00606. The topological polar surface area (TPSA) is 116 Å². The number of hydrogen-bond acceptors (Lipinski definition) is 5. The van der Waals surface area contributed by atoms with Gasteiger partial charge in [-0.15, -0.1) is 0 Å². The summed E-state index contributed by atoms with van der Waals surface area (Å²) in [7, 11) is -3.40. The Hall–Kier alpha value is -3.27. The number of nitrogens with zero attached hydrogens (tertiary/aromatic N) is 2. The van der Waals surface area contributed by atoms with E-state index in [1.54, 1.807) is 36.4 Å². The first-order valence-electron chi connectivity index (χ1n) is 9.57. The van der Waals surface area contributed by atoms with E-state index >= 15 is 0 Å². The van der Waals surface area contributed by atoms with Gasteiger partial charge in [-0.3, -0.25) is 14.3 Å². The van der Waals surface area contributed by atoms with Gasteiger partial charge in [-0.1, -0.05) is 24.3 Å². The fourth-order valence-electron chi connectivity index (χ4n) is 3.34. The SMILES string of the molecule is CS(=O)(=O)Nc1ccc(C2=NN(C(=O)CCCC(=O)O)[C@H](c3cccc(F)c3)C2)cc1. The number of aliphatic carboxylic acids is 1. The molecule has 0 unspecified atom stereocenters. The number of amides is 1. The van der Waals surface area contributed by atoms with E-state index in [0.717, 1.165) is 6.26 Å². The van der Waals surface area contributed by atoms with Crippen LogP contribution in [0.25, 0.3) is 0 Å². The van der Waals surface area contributed by atoms with Crippen LogP contribution in [0.5, 0.6) is 0 Å². The first kappa shape index (κ1) is 22.4. The molecule has 10 heteroatoms. The van der Waals surface area contributed by atoms with Crippen LogP contribution in [0.4, 0.5) is 10.1 Å². The molecule has 1 aliphatic heterocycles. The number of anilines is 1. The number of carbonyl (C=O) groups is 2. The molecule has 0 saturated heterocycles. The molecular formula is C21H22FN3O5S. The molecule has 31 heavy (non-hydrogen) atoms. The van der Waals surface area contributed by atoms with Crippen LogP contribution >= 0.6 is 0 Å². The number of rotatable bonds is 8. The summed E-state index contributed by atoms with van der Waals surface area (Å²) in [6, 6.07) is 12.0. The van der Waals surface area contributed by atoms with Crippen molar-refractivity contribution in [2.24, 2.45) is 5.10 Å². The first-order valence-corrected chi connectivity index (χ1v) is 11.5. The van der Waals surface area contributed by atoms with Crippen LogP contribution in [0.3, 0.4) is 0 Å². The molecule has 0 aromatic heterocycles. The number of carboxylic acids is 1. The lowest BCUT2D eigenvalue weighted by Gasteiger charge is -2.22. The van der Waals surface area contributed by atoms with Crippen molar-refractivity contribution in [3.05, 3.63) is 65.5 Å². The van der Waals surface area contributed by atoms with Crippen molar-refractivity contribution in [1.29, 1.82) is 0 Å². The van der Waals surface area contributed by atoms with Crippen molar-refractivity contribution in [3.8, 4) is 0 Å². The lowest BCUT2D eigenvalue weighted by molar-refractivity contribution is -0.137. The Morgan fingerprint density at radius 3 is 2.52 bits per heavy atom. The first-order chi connectivity index (χ1) is 14.6. The molecule has 2 aromatic carbocycles. The number of hydrogen-bond donors (Lipinski definition) is 2. The molecule has 164 valence electrons. The highest BCUT2D eigenvalue weighted by molar-refractivity contribution is 7.92. The average molecular weight is 447 g/mol. The average Bonchev–Trinajstić information content (AvgIpc) is 3.12. The molecule has 1 heterocycles. The van der Waals surface area contributed by atoms with Crippen molar-refractivity contribution in [3.63, 3.8) is 0 Å². The zero-order valence-corrected chi connectivity index (χ0v) is 17.6. The smallest absolute Gasteiger partial charge is 0.303 e. The molecular weight excluding hydrogens is 425 g/mol. The fraction of sp³-hybridized carbons (Fsp3) is 0.286. The fourth-order valence-corrected chi connectivity index (χ4v) is 3.90. The number of carboxylic acid groups (broad SMARTS) is 1. The minimum atomic E-state index is -3.40. The van der Waals surface area contributed by atoms with Crippen LogP contribution in [0.1, 0.15) is 42.9 Å². The molecule has 8 nitrogen and oxygen atoms in total.